The van der Waals surface area contributed by atoms with Gasteiger partial charge in [0.2, 0.25) is 0 Å². The predicted octanol–water partition coefficient (Wildman–Crippen LogP) is 3.77. The topological polar surface area (TPSA) is 34.0 Å². The van der Waals surface area contributed by atoms with Crippen molar-refractivity contribution in [2.75, 3.05) is 0 Å². The van der Waals surface area contributed by atoms with Gasteiger partial charge in [0, 0.05) is 29.2 Å². The molecular formula is C16H19ClN2O. The van der Waals surface area contributed by atoms with E-state index in [4.69, 9.17) is 11.6 Å². The van der Waals surface area contributed by atoms with E-state index < -0.39 is 0 Å². The lowest BCUT2D eigenvalue weighted by Crippen LogP contribution is -2.25. The minimum Gasteiger partial charge on any atom is -0.349 e. The van der Waals surface area contributed by atoms with Crippen LogP contribution in [0.3, 0.4) is 0 Å². The first-order valence-corrected chi connectivity index (χ1v) is 7.65. The Morgan fingerprint density at radius 3 is 2.75 bits per heavy atom. The zero-order valence-electron chi connectivity index (χ0n) is 11.9. The van der Waals surface area contributed by atoms with Gasteiger partial charge in [-0.3, -0.25) is 4.79 Å². The highest BCUT2D eigenvalue weighted by atomic mass is 35.5. The number of benzene rings is 1. The van der Waals surface area contributed by atoms with Crippen molar-refractivity contribution < 1.29 is 4.79 Å². The third kappa shape index (κ3) is 2.20. The van der Waals surface area contributed by atoms with Crippen LogP contribution in [0.25, 0.3) is 10.9 Å². The Bertz CT molecular complexity index is 671. The number of halogens is 1. The van der Waals surface area contributed by atoms with Crippen molar-refractivity contribution in [1.82, 2.24) is 9.88 Å². The zero-order valence-corrected chi connectivity index (χ0v) is 12.6. The van der Waals surface area contributed by atoms with Crippen LogP contribution in [-0.2, 0) is 13.0 Å². The lowest BCUT2D eigenvalue weighted by atomic mass is 10.1. The molecule has 1 aliphatic carbocycles. The van der Waals surface area contributed by atoms with E-state index in [0.717, 1.165) is 53.0 Å². The number of aryl methyl sites for hydroxylation is 1. The fourth-order valence-corrected chi connectivity index (χ4v) is 3.10. The predicted molar refractivity (Wildman–Crippen MR) is 82.5 cm³/mol. The highest BCUT2D eigenvalue weighted by Crippen LogP contribution is 2.32. The quantitative estimate of drug-likeness (QED) is 0.914. The number of carbonyl (C=O) groups is 1. The fraction of sp³-hybridized carbons (Fsp3) is 0.438. The summed E-state index contributed by atoms with van der Waals surface area (Å²) in [7, 11) is 0. The Kier molecular flexibility index (Phi) is 3.47. The first-order valence-electron chi connectivity index (χ1n) is 7.27. The molecule has 1 aliphatic rings. The maximum absolute atomic E-state index is 12.1. The first kappa shape index (κ1) is 13.5. The van der Waals surface area contributed by atoms with Crippen molar-refractivity contribution in [3.63, 3.8) is 0 Å². The molecule has 2 aromatic rings. The number of rotatable bonds is 4. The van der Waals surface area contributed by atoms with Gasteiger partial charge in [-0.05, 0) is 38.3 Å². The number of fused-ring (bicyclic) bond motifs is 1. The Labute approximate surface area is 123 Å². The molecule has 0 unspecified atom stereocenters. The molecule has 3 nitrogen and oxygen atoms in total. The molecule has 1 heterocycles. The minimum atomic E-state index is 0.0208. The van der Waals surface area contributed by atoms with E-state index in [-0.39, 0.29) is 5.91 Å². The van der Waals surface area contributed by atoms with Crippen molar-refractivity contribution in [3.05, 3.63) is 34.5 Å². The van der Waals surface area contributed by atoms with E-state index >= 15 is 0 Å². The van der Waals surface area contributed by atoms with Gasteiger partial charge in [0.15, 0.2) is 0 Å². The molecule has 1 saturated carbocycles. The number of nitrogens with zero attached hydrogens (tertiary/aromatic N) is 1. The zero-order chi connectivity index (χ0) is 14.3. The SMILES string of the molecule is CCc1c(Cl)c2ccc(C(=O)NC3CC3)cc2n1CC. The van der Waals surface area contributed by atoms with E-state index in [1.807, 2.05) is 18.2 Å². The summed E-state index contributed by atoms with van der Waals surface area (Å²) in [5.41, 5.74) is 2.91. The summed E-state index contributed by atoms with van der Waals surface area (Å²) < 4.78 is 2.20. The Balaban J connectivity index is 2.07. The molecule has 0 saturated heterocycles. The van der Waals surface area contributed by atoms with Crippen LogP contribution in [0, 0.1) is 0 Å². The maximum Gasteiger partial charge on any atom is 0.251 e. The highest BCUT2D eigenvalue weighted by Gasteiger charge is 2.24. The summed E-state index contributed by atoms with van der Waals surface area (Å²) in [5, 5.41) is 4.88. The second-order valence-corrected chi connectivity index (χ2v) is 5.72. The van der Waals surface area contributed by atoms with Gasteiger partial charge in [-0.2, -0.15) is 0 Å². The fourth-order valence-electron chi connectivity index (χ4n) is 2.70. The molecule has 0 atom stereocenters. The van der Waals surface area contributed by atoms with Gasteiger partial charge in [-0.25, -0.2) is 0 Å². The first-order chi connectivity index (χ1) is 9.65. The van der Waals surface area contributed by atoms with Gasteiger partial charge in [-0.15, -0.1) is 0 Å². The maximum atomic E-state index is 12.1. The van der Waals surface area contributed by atoms with Crippen LogP contribution in [-0.4, -0.2) is 16.5 Å². The molecule has 1 aromatic carbocycles. The lowest BCUT2D eigenvalue weighted by Gasteiger charge is -2.07. The molecular weight excluding hydrogens is 272 g/mol. The molecule has 1 N–H and O–H groups in total. The molecule has 1 amide bonds. The van der Waals surface area contributed by atoms with Crippen LogP contribution in [0.4, 0.5) is 0 Å². The molecule has 0 radical (unpaired) electrons. The smallest absolute Gasteiger partial charge is 0.251 e. The number of carbonyl (C=O) groups excluding carboxylic acids is 1. The molecule has 0 aliphatic heterocycles. The van der Waals surface area contributed by atoms with E-state index in [9.17, 15) is 4.79 Å². The number of hydrogen-bond donors (Lipinski definition) is 1. The second-order valence-electron chi connectivity index (χ2n) is 5.34. The van der Waals surface area contributed by atoms with Crippen molar-refractivity contribution in [2.24, 2.45) is 0 Å². The van der Waals surface area contributed by atoms with Crippen molar-refractivity contribution in [2.45, 2.75) is 45.7 Å². The van der Waals surface area contributed by atoms with Crippen LogP contribution in [0.1, 0.15) is 42.7 Å². The minimum absolute atomic E-state index is 0.0208. The molecule has 106 valence electrons. The van der Waals surface area contributed by atoms with Gasteiger partial charge in [0.05, 0.1) is 10.5 Å². The molecule has 1 fully saturated rings. The molecule has 0 spiro atoms. The van der Waals surface area contributed by atoms with Crippen LogP contribution in [0.5, 0.6) is 0 Å². The second kappa shape index (κ2) is 5.13. The van der Waals surface area contributed by atoms with Gasteiger partial charge >= 0.3 is 0 Å². The average Bonchev–Trinajstić information content (AvgIpc) is 3.22. The number of nitrogens with one attached hydrogen (secondary N) is 1. The number of amides is 1. The number of aromatic nitrogens is 1. The third-order valence-corrected chi connectivity index (χ3v) is 4.35. The van der Waals surface area contributed by atoms with E-state index in [2.05, 4.69) is 23.7 Å². The Morgan fingerprint density at radius 1 is 1.40 bits per heavy atom. The standard InChI is InChI=1S/C16H19ClN2O/c1-3-13-15(17)12-8-5-10(9-14(12)19(13)4-2)16(20)18-11-6-7-11/h5,8-9,11H,3-4,6-7H2,1-2H3,(H,18,20). The molecule has 4 heteroatoms. The number of hydrogen-bond acceptors (Lipinski definition) is 1. The third-order valence-electron chi connectivity index (χ3n) is 3.93. The summed E-state index contributed by atoms with van der Waals surface area (Å²) in [5.74, 6) is 0.0208. The van der Waals surface area contributed by atoms with Crippen LogP contribution in [0.2, 0.25) is 5.02 Å². The summed E-state index contributed by atoms with van der Waals surface area (Å²) in [6, 6.07) is 6.17. The van der Waals surface area contributed by atoms with Gasteiger partial charge < -0.3 is 9.88 Å². The van der Waals surface area contributed by atoms with Gasteiger partial charge in [-0.1, -0.05) is 24.6 Å². The summed E-state index contributed by atoms with van der Waals surface area (Å²) >= 11 is 6.45. The highest BCUT2D eigenvalue weighted by molar-refractivity contribution is 6.36. The largest absolute Gasteiger partial charge is 0.349 e. The lowest BCUT2D eigenvalue weighted by molar-refractivity contribution is 0.0951. The van der Waals surface area contributed by atoms with E-state index in [1.54, 1.807) is 0 Å². The van der Waals surface area contributed by atoms with Crippen molar-refractivity contribution >= 4 is 28.4 Å². The van der Waals surface area contributed by atoms with Gasteiger partial charge in [0.1, 0.15) is 0 Å². The van der Waals surface area contributed by atoms with Crippen LogP contribution < -0.4 is 5.32 Å². The van der Waals surface area contributed by atoms with Crippen LogP contribution >= 0.6 is 11.6 Å². The molecule has 3 rings (SSSR count). The Hall–Kier alpha value is -1.48. The normalized spacial score (nSPS) is 14.8. The average molecular weight is 291 g/mol. The monoisotopic (exact) mass is 290 g/mol. The van der Waals surface area contributed by atoms with Gasteiger partial charge in [0.25, 0.3) is 5.91 Å². The van der Waals surface area contributed by atoms with Crippen LogP contribution in [0.15, 0.2) is 18.2 Å². The van der Waals surface area contributed by atoms with Crippen molar-refractivity contribution in [1.29, 1.82) is 0 Å². The Morgan fingerprint density at radius 2 is 2.15 bits per heavy atom. The van der Waals surface area contributed by atoms with E-state index in [0.29, 0.717) is 6.04 Å². The molecule has 20 heavy (non-hydrogen) atoms. The van der Waals surface area contributed by atoms with E-state index in [1.165, 1.54) is 0 Å². The summed E-state index contributed by atoms with van der Waals surface area (Å²) in [6.07, 6.45) is 3.10. The van der Waals surface area contributed by atoms with Crippen molar-refractivity contribution in [3.8, 4) is 0 Å². The summed E-state index contributed by atoms with van der Waals surface area (Å²) in [4.78, 5) is 12.1. The summed E-state index contributed by atoms with van der Waals surface area (Å²) in [6.45, 7) is 5.07. The molecule has 0 bridgehead atoms. The molecule has 1 aromatic heterocycles.